The van der Waals surface area contributed by atoms with Crippen LogP contribution in [0.1, 0.15) is 54.4 Å². The molecule has 1 aliphatic carbocycles. The van der Waals surface area contributed by atoms with E-state index in [0.717, 1.165) is 0 Å². The van der Waals surface area contributed by atoms with Crippen LogP contribution < -0.4 is 0 Å². The van der Waals surface area contributed by atoms with Crippen molar-refractivity contribution in [3.63, 3.8) is 0 Å². The van der Waals surface area contributed by atoms with Gasteiger partial charge in [-0.25, -0.2) is 0 Å². The van der Waals surface area contributed by atoms with Crippen molar-refractivity contribution in [1.82, 2.24) is 0 Å². The zero-order chi connectivity index (χ0) is 14.3. The third-order valence-electron chi connectivity index (χ3n) is 4.97. The molecule has 1 heterocycles. The summed E-state index contributed by atoms with van der Waals surface area (Å²) in [7, 11) is -0.216. The van der Waals surface area contributed by atoms with E-state index in [9.17, 15) is 0 Å². The molecule has 1 saturated heterocycles. The Morgan fingerprint density at radius 2 is 1.79 bits per heavy atom. The number of hydrogen-bond donors (Lipinski definition) is 0. The lowest BCUT2D eigenvalue weighted by atomic mass is 9.77. The van der Waals surface area contributed by atoms with Crippen molar-refractivity contribution >= 4 is 7.12 Å². The Bertz CT molecular complexity index is 380. The Morgan fingerprint density at radius 1 is 1.21 bits per heavy atom. The van der Waals surface area contributed by atoms with Crippen LogP contribution in [-0.2, 0) is 9.31 Å². The van der Waals surface area contributed by atoms with E-state index in [-0.39, 0.29) is 18.3 Å². The van der Waals surface area contributed by atoms with Gasteiger partial charge in [0.2, 0.25) is 0 Å². The van der Waals surface area contributed by atoms with E-state index in [1.807, 2.05) is 0 Å². The quantitative estimate of drug-likeness (QED) is 0.549. The maximum Gasteiger partial charge on any atom is 0.486 e. The molecule has 0 aromatic carbocycles. The molecule has 2 atom stereocenters. The second-order valence-electron chi connectivity index (χ2n) is 7.04. The minimum absolute atomic E-state index is 0.216. The van der Waals surface area contributed by atoms with Crippen molar-refractivity contribution in [2.75, 3.05) is 0 Å². The molecule has 106 valence electrons. The highest BCUT2D eigenvalue weighted by molar-refractivity contribution is 6.51. The van der Waals surface area contributed by atoms with Crippen LogP contribution in [0.3, 0.4) is 0 Å². The molecule has 0 radical (unpaired) electrons. The molecule has 0 amide bonds. The summed E-state index contributed by atoms with van der Waals surface area (Å²) in [6, 6.07) is 0. The van der Waals surface area contributed by atoms with E-state index in [1.165, 1.54) is 18.4 Å². The van der Waals surface area contributed by atoms with E-state index < -0.39 is 0 Å². The predicted octanol–water partition coefficient (Wildman–Crippen LogP) is 4.17. The molecule has 2 rings (SSSR count). The van der Waals surface area contributed by atoms with Crippen LogP contribution in [-0.4, -0.2) is 18.3 Å². The summed E-state index contributed by atoms with van der Waals surface area (Å²) >= 11 is 0. The summed E-state index contributed by atoms with van der Waals surface area (Å²) in [5.41, 5.74) is 0.988. The van der Waals surface area contributed by atoms with Gasteiger partial charge in [-0.2, -0.15) is 0 Å². The number of allylic oxidation sites excluding steroid dienone is 3. The van der Waals surface area contributed by atoms with Crippen molar-refractivity contribution < 1.29 is 9.31 Å². The first-order valence-electron chi connectivity index (χ1n) is 7.43. The van der Waals surface area contributed by atoms with Gasteiger partial charge in [0.25, 0.3) is 0 Å². The molecule has 0 saturated carbocycles. The lowest BCUT2D eigenvalue weighted by Gasteiger charge is -2.32. The van der Waals surface area contributed by atoms with Gasteiger partial charge in [-0.05, 0) is 59.3 Å². The lowest BCUT2D eigenvalue weighted by molar-refractivity contribution is 0.00578. The monoisotopic (exact) mass is 262 g/mol. The van der Waals surface area contributed by atoms with Gasteiger partial charge in [-0.1, -0.05) is 30.6 Å². The van der Waals surface area contributed by atoms with Gasteiger partial charge in [0, 0.05) is 0 Å². The van der Waals surface area contributed by atoms with Gasteiger partial charge in [0.15, 0.2) is 0 Å². The van der Waals surface area contributed by atoms with Crippen molar-refractivity contribution in [3.8, 4) is 0 Å². The predicted molar refractivity (Wildman–Crippen MR) is 80.9 cm³/mol. The Labute approximate surface area is 118 Å². The lowest BCUT2D eigenvalue weighted by Crippen LogP contribution is -2.41. The van der Waals surface area contributed by atoms with Crippen molar-refractivity contribution in [2.24, 2.45) is 11.8 Å². The minimum atomic E-state index is -0.245. The molecule has 3 heteroatoms. The van der Waals surface area contributed by atoms with Crippen molar-refractivity contribution in [3.05, 3.63) is 23.7 Å². The minimum Gasteiger partial charge on any atom is -0.400 e. The third-order valence-corrected chi connectivity index (χ3v) is 4.97. The van der Waals surface area contributed by atoms with Crippen molar-refractivity contribution in [1.29, 1.82) is 0 Å². The molecular formula is C16H27BO2. The molecule has 19 heavy (non-hydrogen) atoms. The Kier molecular flexibility index (Phi) is 3.99. The van der Waals surface area contributed by atoms with Gasteiger partial charge >= 0.3 is 7.12 Å². The first-order chi connectivity index (χ1) is 8.73. The molecule has 2 nitrogen and oxygen atoms in total. The first kappa shape index (κ1) is 14.9. The van der Waals surface area contributed by atoms with Gasteiger partial charge in [0.1, 0.15) is 0 Å². The largest absolute Gasteiger partial charge is 0.486 e. The molecular weight excluding hydrogens is 235 g/mol. The summed E-state index contributed by atoms with van der Waals surface area (Å²) in [4.78, 5) is 0. The van der Waals surface area contributed by atoms with Crippen LogP contribution >= 0.6 is 0 Å². The number of rotatable bonds is 2. The second kappa shape index (κ2) is 5.10. The maximum absolute atomic E-state index is 6.00. The summed E-state index contributed by atoms with van der Waals surface area (Å²) < 4.78 is 12.0. The molecule has 2 aliphatic rings. The highest BCUT2D eigenvalue weighted by Crippen LogP contribution is 2.37. The van der Waals surface area contributed by atoms with E-state index >= 15 is 0 Å². The molecule has 0 N–H and O–H groups in total. The smallest absolute Gasteiger partial charge is 0.400 e. The summed E-state index contributed by atoms with van der Waals surface area (Å²) in [6.45, 7) is 12.9. The molecule has 2 unspecified atom stereocenters. The van der Waals surface area contributed by atoms with Gasteiger partial charge < -0.3 is 9.31 Å². The molecule has 0 bridgehead atoms. The molecule has 0 aromatic rings. The zero-order valence-electron chi connectivity index (χ0n) is 13.2. The standard InChI is InChI=1S/C16H27BO2/c1-12-8-7-9-13(2)14(12)10-11-17-18-15(3,4)16(5,6)19-17/h8,10-11,13-14H,7,9H2,1-6H3/b11-10+. The fourth-order valence-corrected chi connectivity index (χ4v) is 2.86. The second-order valence-corrected chi connectivity index (χ2v) is 7.04. The average Bonchev–Trinajstić information content (AvgIpc) is 2.46. The number of hydrogen-bond acceptors (Lipinski definition) is 2. The summed E-state index contributed by atoms with van der Waals surface area (Å²) in [5, 5.41) is 0. The first-order valence-corrected chi connectivity index (χ1v) is 7.43. The highest BCUT2D eigenvalue weighted by Gasteiger charge is 2.50. The van der Waals surface area contributed by atoms with Crippen LogP contribution in [0.2, 0.25) is 0 Å². The molecule has 0 aromatic heterocycles. The highest BCUT2D eigenvalue weighted by atomic mass is 16.7. The van der Waals surface area contributed by atoms with Crippen LogP contribution in [0, 0.1) is 11.8 Å². The fourth-order valence-electron chi connectivity index (χ4n) is 2.86. The SMILES string of the molecule is CC1=CCCC(C)C1/C=C/B1OC(C)(C)C(C)(C)O1. The van der Waals surface area contributed by atoms with Crippen LogP contribution in [0.5, 0.6) is 0 Å². The third kappa shape index (κ3) is 2.98. The summed E-state index contributed by atoms with van der Waals surface area (Å²) in [6.07, 6.45) is 7.13. The topological polar surface area (TPSA) is 18.5 Å². The fraction of sp³-hybridized carbons (Fsp3) is 0.750. The summed E-state index contributed by atoms with van der Waals surface area (Å²) in [5.74, 6) is 3.34. The van der Waals surface area contributed by atoms with Crippen LogP contribution in [0.15, 0.2) is 23.7 Å². The molecule has 0 spiro atoms. The molecule has 1 aliphatic heterocycles. The van der Waals surface area contributed by atoms with Gasteiger partial charge in [-0.15, -0.1) is 0 Å². The normalized spacial score (nSPS) is 33.8. The van der Waals surface area contributed by atoms with Crippen molar-refractivity contribution in [2.45, 2.75) is 65.6 Å². The van der Waals surface area contributed by atoms with E-state index in [0.29, 0.717) is 11.8 Å². The zero-order valence-corrected chi connectivity index (χ0v) is 13.2. The van der Waals surface area contributed by atoms with Gasteiger partial charge in [0.05, 0.1) is 11.2 Å². The van der Waals surface area contributed by atoms with Gasteiger partial charge in [-0.3, -0.25) is 0 Å². The molecule has 1 fully saturated rings. The van der Waals surface area contributed by atoms with Crippen LogP contribution in [0.25, 0.3) is 0 Å². The van der Waals surface area contributed by atoms with E-state index in [2.05, 4.69) is 59.7 Å². The van der Waals surface area contributed by atoms with Crippen LogP contribution in [0.4, 0.5) is 0 Å². The Balaban J connectivity index is 2.04. The average molecular weight is 262 g/mol. The Hall–Kier alpha value is -0.535. The Morgan fingerprint density at radius 3 is 2.32 bits per heavy atom. The van der Waals surface area contributed by atoms with E-state index in [4.69, 9.17) is 9.31 Å². The maximum atomic E-state index is 6.00. The van der Waals surface area contributed by atoms with E-state index in [1.54, 1.807) is 0 Å².